The highest BCUT2D eigenvalue weighted by molar-refractivity contribution is 7.15. The molecule has 0 spiro atoms. The van der Waals surface area contributed by atoms with Crippen molar-refractivity contribution in [1.29, 1.82) is 0 Å². The fraction of sp³-hybridized carbons (Fsp3) is 0.375. The lowest BCUT2D eigenvalue weighted by Gasteiger charge is -2.37. The number of pyridine rings is 2. The molecule has 5 heterocycles. The molecule has 0 bridgehead atoms. The Morgan fingerprint density at radius 2 is 1.63 bits per heavy atom. The van der Waals surface area contributed by atoms with Crippen LogP contribution in [0.4, 0.5) is 5.13 Å². The van der Waals surface area contributed by atoms with Gasteiger partial charge in [-0.15, -0.1) is 10.2 Å². The Kier molecular flexibility index (Phi) is 6.94. The summed E-state index contributed by atoms with van der Waals surface area (Å²) in [6.07, 6.45) is 2.25. The number of aryl methyl sites for hydroxylation is 1. The van der Waals surface area contributed by atoms with Gasteiger partial charge in [0.2, 0.25) is 22.8 Å². The quantitative estimate of drug-likeness (QED) is 0.308. The summed E-state index contributed by atoms with van der Waals surface area (Å²) in [4.78, 5) is 38.1. The van der Waals surface area contributed by atoms with E-state index in [4.69, 9.17) is 14.5 Å². The van der Waals surface area contributed by atoms with E-state index in [1.165, 1.54) is 11.3 Å². The van der Waals surface area contributed by atoms with E-state index in [-0.39, 0.29) is 17.7 Å². The van der Waals surface area contributed by atoms with Gasteiger partial charge in [-0.05, 0) is 44.0 Å². The first-order valence-electron chi connectivity index (χ1n) is 14.6. The number of fused-ring (bicyclic) bond motifs is 2. The van der Waals surface area contributed by atoms with Crippen LogP contribution in [-0.4, -0.2) is 63.2 Å². The molecule has 1 N–H and O–H groups in total. The summed E-state index contributed by atoms with van der Waals surface area (Å²) in [6.45, 7) is 8.06. The molecule has 220 valence electrons. The number of benzene rings is 1. The third kappa shape index (κ3) is 5.27. The number of carbonyl (C=O) groups excluding carboxylic acids is 2. The highest BCUT2D eigenvalue weighted by Crippen LogP contribution is 2.51. The Hall–Kier alpha value is -4.22. The van der Waals surface area contributed by atoms with Crippen LogP contribution in [0.1, 0.15) is 70.7 Å². The van der Waals surface area contributed by atoms with E-state index in [1.807, 2.05) is 74.2 Å². The van der Waals surface area contributed by atoms with Gasteiger partial charge in [0.15, 0.2) is 0 Å². The minimum Gasteiger partial charge on any atom is -0.420 e. The standard InChI is InChI=1S/C32H32N6O4S/c1-18-4-11-22-25(32(2,3)30(40)35-31-37-36-28(43-31)20-7-8-20)23-12-13-24(34-27(23)42-26(22)33-18)19-5-9-21(10-6-19)29(39)38-14-16-41-17-15-38/h4-6,9-13,20,25H,7-8,14-17H2,1-3H3,(H,35,37,40)/t25-/m0/s1. The number of amides is 2. The van der Waals surface area contributed by atoms with Crippen molar-refractivity contribution < 1.29 is 19.1 Å². The van der Waals surface area contributed by atoms with E-state index in [0.29, 0.717) is 60.4 Å². The number of carbonyl (C=O) groups is 2. The van der Waals surface area contributed by atoms with E-state index < -0.39 is 5.41 Å². The summed E-state index contributed by atoms with van der Waals surface area (Å²) in [5.41, 5.74) is 3.71. The molecular formula is C32H32N6O4S. The maximum Gasteiger partial charge on any atom is 0.254 e. The first-order chi connectivity index (χ1) is 20.8. The highest BCUT2D eigenvalue weighted by atomic mass is 32.1. The van der Waals surface area contributed by atoms with Crippen molar-refractivity contribution >= 4 is 28.3 Å². The van der Waals surface area contributed by atoms with E-state index in [0.717, 1.165) is 40.2 Å². The number of anilines is 1. The first kappa shape index (κ1) is 27.6. The van der Waals surface area contributed by atoms with Gasteiger partial charge in [-0.3, -0.25) is 9.59 Å². The second-order valence-corrected chi connectivity index (χ2v) is 12.9. The average molecular weight is 597 g/mol. The SMILES string of the molecule is Cc1ccc2c(n1)Oc1nc(-c3ccc(C(=O)N4CCOCC4)cc3)ccc1[C@H]2C(C)(C)C(=O)Nc1nnc(C2CC2)s1. The Morgan fingerprint density at radius 3 is 2.35 bits per heavy atom. The summed E-state index contributed by atoms with van der Waals surface area (Å²) < 4.78 is 11.6. The summed E-state index contributed by atoms with van der Waals surface area (Å²) >= 11 is 1.45. The maximum absolute atomic E-state index is 13.8. The number of hydrogen-bond acceptors (Lipinski definition) is 9. The molecule has 1 saturated heterocycles. The molecule has 7 rings (SSSR count). The lowest BCUT2D eigenvalue weighted by atomic mass is 9.70. The zero-order valence-corrected chi connectivity index (χ0v) is 25.1. The smallest absolute Gasteiger partial charge is 0.254 e. The molecule has 1 atom stereocenters. The monoisotopic (exact) mass is 596 g/mol. The molecule has 43 heavy (non-hydrogen) atoms. The fourth-order valence-electron chi connectivity index (χ4n) is 5.70. The summed E-state index contributed by atoms with van der Waals surface area (Å²) in [5.74, 6) is 0.790. The van der Waals surface area contributed by atoms with Crippen LogP contribution in [0, 0.1) is 12.3 Å². The molecule has 0 unspecified atom stereocenters. The van der Waals surface area contributed by atoms with Crippen molar-refractivity contribution in [1.82, 2.24) is 25.1 Å². The van der Waals surface area contributed by atoms with Crippen molar-refractivity contribution in [3.05, 3.63) is 75.9 Å². The predicted octanol–water partition coefficient (Wildman–Crippen LogP) is 5.56. The van der Waals surface area contributed by atoms with Crippen LogP contribution in [0.15, 0.2) is 48.5 Å². The summed E-state index contributed by atoms with van der Waals surface area (Å²) in [6, 6.07) is 15.3. The van der Waals surface area contributed by atoms with Crippen LogP contribution in [-0.2, 0) is 9.53 Å². The van der Waals surface area contributed by atoms with Gasteiger partial charge in [0, 0.05) is 52.9 Å². The van der Waals surface area contributed by atoms with Crippen LogP contribution in [0.5, 0.6) is 11.8 Å². The summed E-state index contributed by atoms with van der Waals surface area (Å²) in [7, 11) is 0. The molecule has 2 aliphatic heterocycles. The molecular weight excluding hydrogens is 564 g/mol. The second-order valence-electron chi connectivity index (χ2n) is 11.9. The molecule has 1 aromatic carbocycles. The zero-order chi connectivity index (χ0) is 29.7. The number of aromatic nitrogens is 4. The number of rotatable bonds is 6. The molecule has 3 aromatic heterocycles. The number of nitrogens with one attached hydrogen (secondary N) is 1. The van der Waals surface area contributed by atoms with Crippen LogP contribution in [0.25, 0.3) is 11.3 Å². The topological polar surface area (TPSA) is 119 Å². The van der Waals surface area contributed by atoms with E-state index in [9.17, 15) is 9.59 Å². The maximum atomic E-state index is 13.8. The van der Waals surface area contributed by atoms with E-state index in [1.54, 1.807) is 0 Å². The third-order valence-electron chi connectivity index (χ3n) is 8.35. The summed E-state index contributed by atoms with van der Waals surface area (Å²) in [5, 5.41) is 13.0. The number of nitrogens with zero attached hydrogens (tertiary/aromatic N) is 5. The Morgan fingerprint density at radius 1 is 0.930 bits per heavy atom. The normalized spacial score (nSPS) is 17.9. The van der Waals surface area contributed by atoms with Gasteiger partial charge in [0.1, 0.15) is 5.01 Å². The minimum absolute atomic E-state index is 0.00437. The predicted molar refractivity (Wildman–Crippen MR) is 162 cm³/mol. The average Bonchev–Trinajstić information content (AvgIpc) is 3.77. The van der Waals surface area contributed by atoms with E-state index >= 15 is 0 Å². The van der Waals surface area contributed by atoms with Gasteiger partial charge < -0.3 is 19.7 Å². The second kappa shape index (κ2) is 10.8. The minimum atomic E-state index is -0.902. The van der Waals surface area contributed by atoms with Gasteiger partial charge in [-0.1, -0.05) is 49.4 Å². The Labute approximate surface area is 253 Å². The third-order valence-corrected chi connectivity index (χ3v) is 9.36. The zero-order valence-electron chi connectivity index (χ0n) is 24.3. The van der Waals surface area contributed by atoms with Gasteiger partial charge in [0.05, 0.1) is 24.3 Å². The largest absolute Gasteiger partial charge is 0.420 e. The molecule has 10 nitrogen and oxygen atoms in total. The number of morpholine rings is 1. The molecule has 4 aromatic rings. The highest BCUT2D eigenvalue weighted by Gasteiger charge is 2.45. The molecule has 2 fully saturated rings. The van der Waals surface area contributed by atoms with Crippen LogP contribution in [0.2, 0.25) is 0 Å². The molecule has 3 aliphatic rings. The number of ether oxygens (including phenoxy) is 2. The number of hydrogen-bond donors (Lipinski definition) is 1. The molecule has 11 heteroatoms. The van der Waals surface area contributed by atoms with Gasteiger partial charge in [0.25, 0.3) is 5.91 Å². The van der Waals surface area contributed by atoms with Crippen molar-refractivity contribution in [3.8, 4) is 23.0 Å². The van der Waals surface area contributed by atoms with Gasteiger partial charge in [-0.2, -0.15) is 0 Å². The van der Waals surface area contributed by atoms with Crippen molar-refractivity contribution in [2.24, 2.45) is 5.41 Å². The van der Waals surface area contributed by atoms with Gasteiger partial charge >= 0.3 is 0 Å². The first-order valence-corrected chi connectivity index (χ1v) is 15.4. The molecule has 2 amide bonds. The molecule has 1 saturated carbocycles. The van der Waals surface area contributed by atoms with E-state index in [2.05, 4.69) is 20.5 Å². The molecule has 0 radical (unpaired) electrons. The Balaban J connectivity index is 1.19. The molecule has 1 aliphatic carbocycles. The van der Waals surface area contributed by atoms with Crippen LogP contribution in [0.3, 0.4) is 0 Å². The van der Waals surface area contributed by atoms with Gasteiger partial charge in [-0.25, -0.2) is 9.97 Å². The van der Waals surface area contributed by atoms with Crippen LogP contribution >= 0.6 is 11.3 Å². The lowest BCUT2D eigenvalue weighted by Crippen LogP contribution is -2.40. The van der Waals surface area contributed by atoms with Crippen molar-refractivity contribution in [2.75, 3.05) is 31.6 Å². The Bertz CT molecular complexity index is 1710. The van der Waals surface area contributed by atoms with Crippen molar-refractivity contribution in [2.45, 2.75) is 45.4 Å². The lowest BCUT2D eigenvalue weighted by molar-refractivity contribution is -0.124. The fourth-order valence-corrected chi connectivity index (χ4v) is 6.60. The van der Waals surface area contributed by atoms with Crippen molar-refractivity contribution in [3.63, 3.8) is 0 Å². The van der Waals surface area contributed by atoms with Crippen LogP contribution < -0.4 is 10.1 Å².